The number of carbonyl (C=O) groups is 2. The highest BCUT2D eigenvalue weighted by Crippen LogP contribution is 2.60. The molecule has 1 spiro atoms. The van der Waals surface area contributed by atoms with Gasteiger partial charge in [0.2, 0.25) is 5.91 Å². The molecule has 3 aliphatic heterocycles. The number of rotatable bonds is 9. The molecule has 4 heterocycles. The first-order valence-corrected chi connectivity index (χ1v) is 24.3. The molecule has 1 saturated heterocycles. The van der Waals surface area contributed by atoms with Gasteiger partial charge in [0.15, 0.2) is 5.60 Å². The number of anilines is 1. The van der Waals surface area contributed by atoms with Crippen LogP contribution in [0.3, 0.4) is 0 Å². The summed E-state index contributed by atoms with van der Waals surface area (Å²) < 4.78 is 15.0. The van der Waals surface area contributed by atoms with Crippen molar-refractivity contribution in [3.8, 4) is 11.4 Å². The van der Waals surface area contributed by atoms with Gasteiger partial charge < -0.3 is 24.4 Å². The van der Waals surface area contributed by atoms with Crippen molar-refractivity contribution >= 4 is 57.5 Å². The Morgan fingerprint density at radius 2 is 1.67 bits per heavy atom. The van der Waals surface area contributed by atoms with Crippen molar-refractivity contribution < 1.29 is 24.2 Å². The molecule has 0 unspecified atom stereocenters. The van der Waals surface area contributed by atoms with Crippen molar-refractivity contribution in [3.05, 3.63) is 159 Å². The van der Waals surface area contributed by atoms with Crippen LogP contribution >= 0.6 is 15.9 Å². The topological polar surface area (TPSA) is 114 Å². The number of aliphatic hydroxyl groups is 1. The van der Waals surface area contributed by atoms with E-state index in [9.17, 15) is 14.7 Å². The van der Waals surface area contributed by atoms with Crippen molar-refractivity contribution in [1.29, 1.82) is 0 Å². The van der Waals surface area contributed by atoms with Crippen LogP contribution in [0.25, 0.3) is 16.5 Å². The molecule has 12 heteroatoms. The predicted molar refractivity (Wildman–Crippen MR) is 238 cm³/mol. The van der Waals surface area contributed by atoms with Crippen LogP contribution in [0.2, 0.25) is 18.6 Å². The Bertz CT molecular complexity index is 2690. The van der Waals surface area contributed by atoms with E-state index < -0.39 is 19.8 Å². The summed E-state index contributed by atoms with van der Waals surface area (Å²) in [7, 11) is -0.887. The molecule has 0 bridgehead atoms. The quantitative estimate of drug-likeness (QED) is 0.152. The molecule has 5 aromatic carbocycles. The number of fused-ring (bicyclic) bond motifs is 4. The highest BCUT2D eigenvalue weighted by Gasteiger charge is 2.66. The summed E-state index contributed by atoms with van der Waals surface area (Å²) in [5.41, 5.74) is 3.53. The van der Waals surface area contributed by atoms with Gasteiger partial charge in [0, 0.05) is 27.9 Å². The van der Waals surface area contributed by atoms with Gasteiger partial charge in [-0.25, -0.2) is 0 Å². The minimum Gasteiger partial charge on any atom is -0.497 e. The van der Waals surface area contributed by atoms with Gasteiger partial charge in [0.25, 0.3) is 11.5 Å². The van der Waals surface area contributed by atoms with Gasteiger partial charge >= 0.3 is 0 Å². The summed E-state index contributed by atoms with van der Waals surface area (Å²) in [6, 6.07) is 36.8. The van der Waals surface area contributed by atoms with Crippen molar-refractivity contribution in [1.82, 2.24) is 14.7 Å². The van der Waals surface area contributed by atoms with Gasteiger partial charge in [-0.2, -0.15) is 9.78 Å². The zero-order valence-corrected chi connectivity index (χ0v) is 36.6. The van der Waals surface area contributed by atoms with E-state index in [0.29, 0.717) is 24.0 Å². The normalized spacial score (nSPS) is 22.3. The average molecular weight is 884 g/mol. The number of hydrogen-bond donors (Lipinski definition) is 1. The molecule has 6 aromatic rings. The fourth-order valence-corrected chi connectivity index (χ4v) is 14.5. The number of ether oxygens (including phenoxy) is 2. The van der Waals surface area contributed by atoms with Crippen molar-refractivity contribution in [3.63, 3.8) is 0 Å². The summed E-state index contributed by atoms with van der Waals surface area (Å²) in [6.45, 7) is 7.26. The van der Waals surface area contributed by atoms with Gasteiger partial charge in [-0.15, -0.1) is 0 Å². The summed E-state index contributed by atoms with van der Waals surface area (Å²) >= 11 is 3.71. The van der Waals surface area contributed by atoms with Crippen LogP contribution in [0.1, 0.15) is 35.6 Å². The molecule has 60 heavy (non-hydrogen) atoms. The number of amides is 2. The number of hydrogen-bond acceptors (Lipinski definition) is 7. The molecule has 1 N–H and O–H groups in total. The summed E-state index contributed by atoms with van der Waals surface area (Å²) in [4.78, 5) is 47.0. The minimum absolute atomic E-state index is 0.0717. The van der Waals surface area contributed by atoms with Crippen LogP contribution in [-0.2, 0) is 39.4 Å². The zero-order chi connectivity index (χ0) is 41.9. The number of carbonyl (C=O) groups excluding carboxylic acids is 2. The van der Waals surface area contributed by atoms with Crippen LogP contribution in [0.15, 0.2) is 131 Å². The van der Waals surface area contributed by atoms with Crippen molar-refractivity contribution in [2.45, 2.75) is 69.2 Å². The Balaban J connectivity index is 1.07. The molecule has 0 radical (unpaired) electrons. The second kappa shape index (κ2) is 15.6. The van der Waals surface area contributed by atoms with Gasteiger partial charge in [-0.3, -0.25) is 14.4 Å². The van der Waals surface area contributed by atoms with E-state index in [1.807, 2.05) is 91.0 Å². The maximum absolute atomic E-state index is 15.4. The van der Waals surface area contributed by atoms with E-state index in [4.69, 9.17) is 9.47 Å². The van der Waals surface area contributed by atoms with Crippen LogP contribution < -0.4 is 20.4 Å². The first-order chi connectivity index (χ1) is 28.9. The summed E-state index contributed by atoms with van der Waals surface area (Å²) in [5.74, 6) is 0.184. The second-order valence-corrected chi connectivity index (χ2v) is 22.5. The van der Waals surface area contributed by atoms with E-state index in [-0.39, 0.29) is 54.4 Å². The molecule has 5 atom stereocenters. The van der Waals surface area contributed by atoms with Crippen LogP contribution in [0.4, 0.5) is 5.69 Å². The zero-order valence-electron chi connectivity index (χ0n) is 34.0. The SMILES string of the molecule is COc1ccc([Si](C)(C)[C@@H]2[C@@H](CC(=O)N3Cc4ccccc4C[C@H]3CO)O[C@]3(C(=O)N(Cc4ccc(-n5ncc6ccccc6c5=O)cc4)c4ccc(Br)cc43)[C@H]2C)cc1. The smallest absolute Gasteiger partial charge is 0.279 e. The molecule has 2 amide bonds. The Labute approximate surface area is 358 Å². The third kappa shape index (κ3) is 6.61. The van der Waals surface area contributed by atoms with Gasteiger partial charge in [0.1, 0.15) is 5.75 Å². The maximum Gasteiger partial charge on any atom is 0.279 e. The molecule has 3 aliphatic rings. The van der Waals surface area contributed by atoms with E-state index in [1.54, 1.807) is 29.2 Å². The monoisotopic (exact) mass is 882 g/mol. The summed E-state index contributed by atoms with van der Waals surface area (Å²) in [5, 5.41) is 17.5. The lowest BCUT2D eigenvalue weighted by atomic mass is 9.82. The number of aliphatic hydroxyl groups excluding tert-OH is 1. The molecular weight excluding hydrogens is 837 g/mol. The lowest BCUT2D eigenvalue weighted by Gasteiger charge is -2.39. The molecule has 0 aliphatic carbocycles. The lowest BCUT2D eigenvalue weighted by Crippen LogP contribution is -2.52. The molecule has 1 aromatic heterocycles. The third-order valence-electron chi connectivity index (χ3n) is 13.3. The lowest BCUT2D eigenvalue weighted by molar-refractivity contribution is -0.151. The fraction of sp³-hybridized carbons (Fsp3) is 0.292. The average Bonchev–Trinajstić information content (AvgIpc) is 3.69. The standard InChI is InChI=1S/C48H47BrN4O6Si/c1-30-45(60(3,4)39-20-18-38(58-2)19-21-39)43(25-44(55)51-28-34-11-6-5-9-32(34)23-37(51)29-54)59-48(30)41-24-35(49)15-22-42(41)52(47(48)57)27-31-13-16-36(17-14-31)53-46(56)40-12-8-7-10-33(40)26-50-53/h5-22,24,26,30,37,43,45,54H,23,25,27-29H2,1-4H3/t30-,37-,43+,45-,48+/m0/s1. The van der Waals surface area contributed by atoms with Crippen molar-refractivity contribution in [2.24, 2.45) is 5.92 Å². The highest BCUT2D eigenvalue weighted by molar-refractivity contribution is 9.10. The van der Waals surface area contributed by atoms with Crippen LogP contribution in [0.5, 0.6) is 5.75 Å². The van der Waals surface area contributed by atoms with E-state index in [0.717, 1.165) is 43.5 Å². The second-order valence-electron chi connectivity index (χ2n) is 16.9. The largest absolute Gasteiger partial charge is 0.497 e. The minimum atomic E-state index is -2.54. The molecular formula is C48H47BrN4O6Si. The number of methoxy groups -OCH3 is 1. The summed E-state index contributed by atoms with van der Waals surface area (Å²) in [6.07, 6.45) is 1.75. The molecule has 9 rings (SSSR count). The number of aromatic nitrogens is 2. The van der Waals surface area contributed by atoms with Crippen LogP contribution in [-0.4, -0.2) is 65.5 Å². The molecule has 306 valence electrons. The van der Waals surface area contributed by atoms with Gasteiger partial charge in [-0.05, 0) is 77.2 Å². The van der Waals surface area contributed by atoms with Crippen molar-refractivity contribution in [2.75, 3.05) is 18.6 Å². The Hall–Kier alpha value is -5.40. The van der Waals surface area contributed by atoms with E-state index in [1.165, 1.54) is 9.87 Å². The molecule has 0 saturated carbocycles. The van der Waals surface area contributed by atoms with Gasteiger partial charge in [-0.1, -0.05) is 108 Å². The van der Waals surface area contributed by atoms with Gasteiger partial charge in [0.05, 0.1) is 69.9 Å². The first-order valence-electron chi connectivity index (χ1n) is 20.4. The predicted octanol–water partition coefficient (Wildman–Crippen LogP) is 7.26. The molecule has 10 nitrogen and oxygen atoms in total. The van der Waals surface area contributed by atoms with E-state index in [2.05, 4.69) is 59.2 Å². The Kier molecular flexibility index (Phi) is 10.4. The van der Waals surface area contributed by atoms with E-state index >= 15 is 4.79 Å². The first kappa shape index (κ1) is 40.0. The highest BCUT2D eigenvalue weighted by atomic mass is 79.9. The number of nitrogens with zero attached hydrogens (tertiary/aromatic N) is 4. The number of benzene rings is 5. The molecule has 1 fully saturated rings. The van der Waals surface area contributed by atoms with Crippen LogP contribution in [0, 0.1) is 5.92 Å². The maximum atomic E-state index is 15.4. The fourth-order valence-electron chi connectivity index (χ4n) is 10.2. The Morgan fingerprint density at radius 1 is 0.950 bits per heavy atom. The number of halogens is 1. The Morgan fingerprint density at radius 3 is 2.40 bits per heavy atom. The third-order valence-corrected chi connectivity index (χ3v) is 18.1.